The molecule has 6 nitrogen and oxygen atoms in total. The average Bonchev–Trinajstić information content (AvgIpc) is 3.05. The molecule has 0 saturated carbocycles. The Kier molecular flexibility index (Phi) is 6.26. The molecule has 0 unspecified atom stereocenters. The lowest BCUT2D eigenvalue weighted by molar-refractivity contribution is 0.172. The monoisotopic (exact) mass is 422 g/mol. The number of halogens is 2. The minimum Gasteiger partial charge on any atom is -0.352 e. The van der Waals surface area contributed by atoms with Crippen LogP contribution in [0.2, 0.25) is 0 Å². The van der Waals surface area contributed by atoms with Gasteiger partial charge in [0.15, 0.2) is 5.96 Å². The Balaban J connectivity index is 1.49. The molecule has 2 aromatic rings. The number of aliphatic imine (C=N–C) groups is 1. The summed E-state index contributed by atoms with van der Waals surface area (Å²) < 4.78 is 16.0. The maximum absolute atomic E-state index is 13.7. The first kappa shape index (κ1) is 18.8. The van der Waals surface area contributed by atoms with Crippen LogP contribution in [0.25, 0.3) is 0 Å². The molecule has 0 aliphatic carbocycles. The number of guanidine groups is 1. The SMILES string of the molecule is CN=C(NCc1cnn(C)c1)N1CCN(Cc2ccc(Br)c(F)c2)CC1. The van der Waals surface area contributed by atoms with Crippen molar-refractivity contribution < 1.29 is 4.39 Å². The van der Waals surface area contributed by atoms with E-state index in [9.17, 15) is 4.39 Å². The second kappa shape index (κ2) is 8.64. The lowest BCUT2D eigenvalue weighted by atomic mass is 10.2. The van der Waals surface area contributed by atoms with E-state index in [4.69, 9.17) is 0 Å². The van der Waals surface area contributed by atoms with Gasteiger partial charge in [0, 0.05) is 65.1 Å². The van der Waals surface area contributed by atoms with Gasteiger partial charge in [-0.1, -0.05) is 6.07 Å². The largest absolute Gasteiger partial charge is 0.352 e. The number of hydrogen-bond donors (Lipinski definition) is 1. The van der Waals surface area contributed by atoms with Gasteiger partial charge in [-0.25, -0.2) is 4.39 Å². The summed E-state index contributed by atoms with van der Waals surface area (Å²) in [5, 5.41) is 7.58. The van der Waals surface area contributed by atoms with E-state index in [1.54, 1.807) is 16.8 Å². The van der Waals surface area contributed by atoms with Crippen molar-refractivity contribution in [3.05, 3.63) is 52.0 Å². The summed E-state index contributed by atoms with van der Waals surface area (Å²) in [6.45, 7) is 5.10. The quantitative estimate of drug-likeness (QED) is 0.606. The van der Waals surface area contributed by atoms with E-state index in [2.05, 4.69) is 41.1 Å². The fourth-order valence-corrected chi connectivity index (χ4v) is 3.34. The first-order chi connectivity index (χ1) is 12.5. The van der Waals surface area contributed by atoms with E-state index in [-0.39, 0.29) is 5.82 Å². The fourth-order valence-electron chi connectivity index (χ4n) is 3.09. The third-order valence-corrected chi connectivity index (χ3v) is 5.13. The molecule has 1 fully saturated rings. The van der Waals surface area contributed by atoms with Gasteiger partial charge in [-0.05, 0) is 33.6 Å². The van der Waals surface area contributed by atoms with Gasteiger partial charge in [0.2, 0.25) is 0 Å². The van der Waals surface area contributed by atoms with Crippen LogP contribution in [0.3, 0.4) is 0 Å². The molecule has 1 aliphatic rings. The van der Waals surface area contributed by atoms with Gasteiger partial charge >= 0.3 is 0 Å². The number of hydrogen-bond acceptors (Lipinski definition) is 3. The third kappa shape index (κ3) is 4.82. The topological polar surface area (TPSA) is 48.7 Å². The van der Waals surface area contributed by atoms with Crippen molar-refractivity contribution in [2.75, 3.05) is 33.2 Å². The zero-order chi connectivity index (χ0) is 18.5. The predicted molar refractivity (Wildman–Crippen MR) is 104 cm³/mol. The van der Waals surface area contributed by atoms with Crippen molar-refractivity contribution in [1.29, 1.82) is 0 Å². The summed E-state index contributed by atoms with van der Waals surface area (Å²) in [6, 6.07) is 5.34. The first-order valence-corrected chi connectivity index (χ1v) is 9.44. The van der Waals surface area contributed by atoms with Crippen molar-refractivity contribution in [2.24, 2.45) is 12.0 Å². The Hall–Kier alpha value is -1.93. The van der Waals surface area contributed by atoms with Crippen LogP contribution < -0.4 is 5.32 Å². The molecule has 3 rings (SSSR count). The molecular weight excluding hydrogens is 399 g/mol. The molecule has 26 heavy (non-hydrogen) atoms. The number of aromatic nitrogens is 2. The van der Waals surface area contributed by atoms with Gasteiger partial charge in [0.1, 0.15) is 5.82 Å². The molecule has 0 spiro atoms. The molecule has 0 atom stereocenters. The Morgan fingerprint density at radius 2 is 2.04 bits per heavy atom. The molecule has 0 amide bonds. The number of nitrogens with one attached hydrogen (secondary N) is 1. The van der Waals surface area contributed by atoms with Crippen LogP contribution in [-0.4, -0.2) is 58.8 Å². The number of aryl methyl sites for hydroxylation is 1. The average molecular weight is 423 g/mol. The summed E-state index contributed by atoms with van der Waals surface area (Å²) in [5.74, 6) is 0.698. The molecule has 1 aliphatic heterocycles. The molecule has 1 saturated heterocycles. The molecule has 1 aromatic heterocycles. The number of rotatable bonds is 4. The van der Waals surface area contributed by atoms with Gasteiger partial charge in [-0.15, -0.1) is 0 Å². The molecule has 0 radical (unpaired) electrons. The van der Waals surface area contributed by atoms with Crippen molar-refractivity contribution in [1.82, 2.24) is 24.9 Å². The summed E-state index contributed by atoms with van der Waals surface area (Å²) in [7, 11) is 3.72. The number of nitrogens with zero attached hydrogens (tertiary/aromatic N) is 5. The molecule has 140 valence electrons. The van der Waals surface area contributed by atoms with Crippen LogP contribution in [0.1, 0.15) is 11.1 Å². The highest BCUT2D eigenvalue weighted by Crippen LogP contribution is 2.18. The first-order valence-electron chi connectivity index (χ1n) is 8.64. The van der Waals surface area contributed by atoms with Crippen LogP contribution in [0, 0.1) is 5.82 Å². The van der Waals surface area contributed by atoms with E-state index in [0.717, 1.165) is 49.8 Å². The zero-order valence-electron chi connectivity index (χ0n) is 15.1. The highest BCUT2D eigenvalue weighted by atomic mass is 79.9. The molecular formula is C18H24BrFN6. The van der Waals surface area contributed by atoms with E-state index >= 15 is 0 Å². The minimum absolute atomic E-state index is 0.207. The maximum Gasteiger partial charge on any atom is 0.194 e. The van der Waals surface area contributed by atoms with Gasteiger partial charge in [0.05, 0.1) is 10.7 Å². The molecule has 8 heteroatoms. The van der Waals surface area contributed by atoms with Crippen molar-refractivity contribution in [3.8, 4) is 0 Å². The van der Waals surface area contributed by atoms with Crippen molar-refractivity contribution in [3.63, 3.8) is 0 Å². The van der Waals surface area contributed by atoms with Crippen LogP contribution >= 0.6 is 15.9 Å². The van der Waals surface area contributed by atoms with Crippen LogP contribution in [0.4, 0.5) is 4.39 Å². The molecule has 0 bridgehead atoms. The van der Waals surface area contributed by atoms with Gasteiger partial charge in [-0.2, -0.15) is 5.10 Å². The highest BCUT2D eigenvalue weighted by molar-refractivity contribution is 9.10. The Morgan fingerprint density at radius 3 is 2.65 bits per heavy atom. The van der Waals surface area contributed by atoms with Crippen molar-refractivity contribution in [2.45, 2.75) is 13.1 Å². The fraction of sp³-hybridized carbons (Fsp3) is 0.444. The Labute approximate surface area is 161 Å². The Bertz CT molecular complexity index is 767. The van der Waals surface area contributed by atoms with E-state index in [1.165, 1.54) is 0 Å². The second-order valence-electron chi connectivity index (χ2n) is 6.43. The number of benzene rings is 1. The summed E-state index contributed by atoms with van der Waals surface area (Å²) in [6.07, 6.45) is 3.85. The maximum atomic E-state index is 13.7. The van der Waals surface area contributed by atoms with Crippen LogP contribution in [0.15, 0.2) is 40.1 Å². The van der Waals surface area contributed by atoms with Gasteiger partial charge in [0.25, 0.3) is 0 Å². The second-order valence-corrected chi connectivity index (χ2v) is 7.29. The summed E-state index contributed by atoms with van der Waals surface area (Å²) >= 11 is 3.20. The van der Waals surface area contributed by atoms with Crippen LogP contribution in [0.5, 0.6) is 0 Å². The lowest BCUT2D eigenvalue weighted by Gasteiger charge is -2.36. The predicted octanol–water partition coefficient (Wildman–Crippen LogP) is 2.21. The molecule has 2 heterocycles. The van der Waals surface area contributed by atoms with E-state index < -0.39 is 0 Å². The smallest absolute Gasteiger partial charge is 0.194 e. The van der Waals surface area contributed by atoms with Gasteiger partial charge < -0.3 is 10.2 Å². The standard InChI is InChI=1S/C18H24BrFN6/c1-21-18(22-10-15-11-23-24(2)12-15)26-7-5-25(6-8-26)13-14-3-4-16(19)17(20)9-14/h3-4,9,11-12H,5-8,10,13H2,1-2H3,(H,21,22). The number of piperazine rings is 1. The van der Waals surface area contributed by atoms with Crippen LogP contribution in [-0.2, 0) is 20.1 Å². The zero-order valence-corrected chi connectivity index (χ0v) is 16.7. The summed E-state index contributed by atoms with van der Waals surface area (Å²) in [4.78, 5) is 8.99. The van der Waals surface area contributed by atoms with E-state index in [1.807, 2.05) is 32.6 Å². The highest BCUT2D eigenvalue weighted by Gasteiger charge is 2.20. The third-order valence-electron chi connectivity index (χ3n) is 4.48. The minimum atomic E-state index is -0.207. The normalized spacial score (nSPS) is 16.2. The van der Waals surface area contributed by atoms with Gasteiger partial charge in [-0.3, -0.25) is 14.6 Å². The Morgan fingerprint density at radius 1 is 1.27 bits per heavy atom. The molecule has 1 N–H and O–H groups in total. The summed E-state index contributed by atoms with van der Waals surface area (Å²) in [5.41, 5.74) is 2.13. The van der Waals surface area contributed by atoms with E-state index in [0.29, 0.717) is 11.0 Å². The molecule has 1 aromatic carbocycles. The van der Waals surface area contributed by atoms with Crippen molar-refractivity contribution >= 4 is 21.9 Å². The lowest BCUT2D eigenvalue weighted by Crippen LogP contribution is -2.52.